The highest BCUT2D eigenvalue weighted by molar-refractivity contribution is 5.89. The van der Waals surface area contributed by atoms with Crippen molar-refractivity contribution in [1.29, 1.82) is 0 Å². The molecule has 25 heavy (non-hydrogen) atoms. The Kier molecular flexibility index (Phi) is 3.95. The van der Waals surface area contributed by atoms with Gasteiger partial charge in [-0.2, -0.15) is 0 Å². The van der Waals surface area contributed by atoms with Gasteiger partial charge >= 0.3 is 11.7 Å². The molecule has 1 amide bonds. The van der Waals surface area contributed by atoms with Gasteiger partial charge in [-0.05, 0) is 57.7 Å². The zero-order valence-corrected chi connectivity index (χ0v) is 15.0. The summed E-state index contributed by atoms with van der Waals surface area (Å²) in [4.78, 5) is 28.3. The third-order valence-corrected chi connectivity index (χ3v) is 6.07. The fourth-order valence-corrected chi connectivity index (χ4v) is 4.71. The Balaban J connectivity index is 1.74. The van der Waals surface area contributed by atoms with Crippen molar-refractivity contribution in [2.24, 2.45) is 0 Å². The third-order valence-electron chi connectivity index (χ3n) is 6.07. The first-order valence-corrected chi connectivity index (χ1v) is 9.33. The van der Waals surface area contributed by atoms with Crippen molar-refractivity contribution < 1.29 is 4.79 Å². The molecule has 2 saturated heterocycles. The molecule has 2 fully saturated rings. The molecule has 2 aromatic rings. The fraction of sp³-hybridized carbons (Fsp3) is 0.579. The number of nitrogens with one attached hydrogen (secondary N) is 1. The maximum atomic E-state index is 13.1. The number of hydrogen-bond donors (Lipinski definition) is 1. The Hall–Kier alpha value is -2.08. The van der Waals surface area contributed by atoms with Gasteiger partial charge < -0.3 is 5.32 Å². The summed E-state index contributed by atoms with van der Waals surface area (Å²) in [5.41, 5.74) is 0.962. The topological polar surface area (TPSA) is 59.3 Å². The zero-order chi connectivity index (χ0) is 17.6. The standard InChI is InChI=1S/C19H26N4O2/c1-3-13-22-15-8-4-5-9-16(15)23(18(22)25)17(24)20-19-11-6-7-14(10-12-19)21(19)2/h4-5,8-9,14H,3,6-7,10-13H2,1-2H3,(H,20,24). The second-order valence-electron chi connectivity index (χ2n) is 7.42. The van der Waals surface area contributed by atoms with E-state index < -0.39 is 0 Å². The van der Waals surface area contributed by atoms with Crippen LogP contribution in [0.5, 0.6) is 0 Å². The maximum absolute atomic E-state index is 13.1. The highest BCUT2D eigenvalue weighted by Crippen LogP contribution is 2.41. The van der Waals surface area contributed by atoms with E-state index in [1.807, 2.05) is 31.2 Å². The summed E-state index contributed by atoms with van der Waals surface area (Å²) in [5.74, 6) is 0. The van der Waals surface area contributed by atoms with E-state index in [0.717, 1.165) is 37.6 Å². The summed E-state index contributed by atoms with van der Waals surface area (Å²) in [6.07, 6.45) is 6.20. The molecular weight excluding hydrogens is 316 g/mol. The van der Waals surface area contributed by atoms with Crippen molar-refractivity contribution in [3.05, 3.63) is 34.7 Å². The second kappa shape index (κ2) is 6.02. The van der Waals surface area contributed by atoms with Gasteiger partial charge in [-0.25, -0.2) is 14.2 Å². The third kappa shape index (κ3) is 2.42. The van der Waals surface area contributed by atoms with Crippen molar-refractivity contribution in [2.75, 3.05) is 7.05 Å². The lowest BCUT2D eigenvalue weighted by atomic mass is 9.98. The number of amides is 1. The molecule has 1 aromatic heterocycles. The molecule has 2 unspecified atom stereocenters. The van der Waals surface area contributed by atoms with Crippen LogP contribution in [0.25, 0.3) is 11.0 Å². The van der Waals surface area contributed by atoms with Crippen LogP contribution >= 0.6 is 0 Å². The van der Waals surface area contributed by atoms with Crippen molar-refractivity contribution in [3.63, 3.8) is 0 Å². The van der Waals surface area contributed by atoms with Gasteiger partial charge in [0.05, 0.1) is 16.7 Å². The molecule has 6 heteroatoms. The molecule has 134 valence electrons. The summed E-state index contributed by atoms with van der Waals surface area (Å²) in [7, 11) is 2.10. The Morgan fingerprint density at radius 2 is 2.00 bits per heavy atom. The van der Waals surface area contributed by atoms with Gasteiger partial charge in [0, 0.05) is 12.6 Å². The molecule has 0 spiro atoms. The summed E-state index contributed by atoms with van der Waals surface area (Å²) < 4.78 is 3.02. The normalized spacial score (nSPS) is 26.2. The minimum atomic E-state index is -0.301. The predicted molar refractivity (Wildman–Crippen MR) is 97.8 cm³/mol. The Labute approximate surface area is 147 Å². The van der Waals surface area contributed by atoms with E-state index in [-0.39, 0.29) is 17.4 Å². The smallest absolute Gasteiger partial charge is 0.319 e. The van der Waals surface area contributed by atoms with Gasteiger partial charge in [0.1, 0.15) is 0 Å². The first kappa shape index (κ1) is 16.4. The molecule has 4 rings (SSSR count). The van der Waals surface area contributed by atoms with Crippen LogP contribution in [0.4, 0.5) is 4.79 Å². The minimum Gasteiger partial charge on any atom is -0.319 e. The minimum absolute atomic E-state index is 0.245. The lowest BCUT2D eigenvalue weighted by molar-refractivity contribution is 0.0607. The van der Waals surface area contributed by atoms with Crippen LogP contribution in [0.15, 0.2) is 29.1 Å². The number of benzene rings is 1. The molecule has 3 heterocycles. The Bertz CT molecular complexity index is 864. The van der Waals surface area contributed by atoms with Gasteiger partial charge in [-0.15, -0.1) is 0 Å². The SMILES string of the molecule is CCCn1c(=O)n(C(=O)NC23CCCC(CC2)N3C)c2ccccc21. The summed E-state index contributed by atoms with van der Waals surface area (Å²) in [5, 5.41) is 3.21. The molecule has 2 bridgehead atoms. The number of rotatable bonds is 3. The van der Waals surface area contributed by atoms with Crippen molar-refractivity contribution in [2.45, 2.75) is 63.7 Å². The number of aryl methyl sites for hydroxylation is 1. The van der Waals surface area contributed by atoms with Crippen LogP contribution in [-0.4, -0.2) is 38.8 Å². The second-order valence-corrected chi connectivity index (χ2v) is 7.42. The van der Waals surface area contributed by atoms with E-state index in [2.05, 4.69) is 17.3 Å². The van der Waals surface area contributed by atoms with Gasteiger partial charge in [-0.1, -0.05) is 19.1 Å². The highest BCUT2D eigenvalue weighted by Gasteiger charge is 2.47. The van der Waals surface area contributed by atoms with E-state index in [9.17, 15) is 9.59 Å². The largest absolute Gasteiger partial charge is 0.337 e. The molecule has 2 aliphatic heterocycles. The monoisotopic (exact) mass is 342 g/mol. The van der Waals surface area contributed by atoms with Crippen LogP contribution < -0.4 is 11.0 Å². The van der Waals surface area contributed by atoms with Crippen molar-refractivity contribution >= 4 is 17.1 Å². The molecule has 0 aliphatic carbocycles. The lowest BCUT2D eigenvalue weighted by Gasteiger charge is -2.42. The number of imidazole rings is 1. The molecule has 0 saturated carbocycles. The summed E-state index contributed by atoms with van der Waals surface area (Å²) in [6.45, 7) is 2.65. The maximum Gasteiger partial charge on any atom is 0.337 e. The molecule has 1 aromatic carbocycles. The van der Waals surface area contributed by atoms with Crippen molar-refractivity contribution in [3.8, 4) is 0 Å². The number of fused-ring (bicyclic) bond motifs is 3. The molecular formula is C19H26N4O2. The molecule has 6 nitrogen and oxygen atoms in total. The molecule has 2 aliphatic rings. The molecule has 1 N–H and O–H groups in total. The zero-order valence-electron chi connectivity index (χ0n) is 15.0. The van der Waals surface area contributed by atoms with E-state index in [1.54, 1.807) is 4.57 Å². The van der Waals surface area contributed by atoms with Gasteiger partial charge in [0.25, 0.3) is 0 Å². The predicted octanol–water partition coefficient (Wildman–Crippen LogP) is 2.75. The number of carbonyl (C=O) groups is 1. The quantitative estimate of drug-likeness (QED) is 0.933. The van der Waals surface area contributed by atoms with E-state index in [1.165, 1.54) is 11.0 Å². The Morgan fingerprint density at radius 3 is 2.76 bits per heavy atom. The van der Waals surface area contributed by atoms with E-state index >= 15 is 0 Å². The first-order chi connectivity index (χ1) is 12.1. The number of nitrogens with zero attached hydrogens (tertiary/aromatic N) is 3. The fourth-order valence-electron chi connectivity index (χ4n) is 4.71. The average molecular weight is 342 g/mol. The number of piperidine rings is 1. The van der Waals surface area contributed by atoms with E-state index in [4.69, 9.17) is 0 Å². The number of para-hydroxylation sites is 2. The number of carbonyl (C=O) groups excluding carboxylic acids is 1. The van der Waals surface area contributed by atoms with Crippen molar-refractivity contribution in [1.82, 2.24) is 19.4 Å². The Morgan fingerprint density at radius 1 is 1.24 bits per heavy atom. The summed E-state index contributed by atoms with van der Waals surface area (Å²) >= 11 is 0. The lowest BCUT2D eigenvalue weighted by Crippen LogP contribution is -2.60. The number of aromatic nitrogens is 2. The first-order valence-electron chi connectivity index (χ1n) is 9.33. The van der Waals surface area contributed by atoms with Crippen LogP contribution in [0.2, 0.25) is 0 Å². The number of hydrogen-bond acceptors (Lipinski definition) is 3. The van der Waals surface area contributed by atoms with Gasteiger partial charge in [0.15, 0.2) is 0 Å². The summed E-state index contributed by atoms with van der Waals surface area (Å²) in [6, 6.07) is 7.79. The highest BCUT2D eigenvalue weighted by atomic mass is 16.2. The van der Waals surface area contributed by atoms with Crippen LogP contribution in [0, 0.1) is 0 Å². The van der Waals surface area contributed by atoms with Gasteiger partial charge in [0.2, 0.25) is 0 Å². The van der Waals surface area contributed by atoms with Gasteiger partial charge in [-0.3, -0.25) is 9.47 Å². The molecule has 2 atom stereocenters. The van der Waals surface area contributed by atoms with Crippen LogP contribution in [0.1, 0.15) is 45.4 Å². The average Bonchev–Trinajstić information content (AvgIpc) is 2.94. The van der Waals surface area contributed by atoms with Crippen LogP contribution in [0.3, 0.4) is 0 Å². The molecule has 0 radical (unpaired) electrons. The van der Waals surface area contributed by atoms with Crippen LogP contribution in [-0.2, 0) is 6.54 Å². The van der Waals surface area contributed by atoms with E-state index in [0.29, 0.717) is 18.1 Å².